The number of pyridine rings is 1. The molecule has 6 rings (SSSR count). The Labute approximate surface area is 202 Å². The SMILES string of the molecule is CCCCOc1c2n(cc(C(=O)NCc3ccc(F)cc3F)c1=O)C[C@H]1C3CCC(CC3)N1C2=O. The van der Waals surface area contributed by atoms with E-state index in [1.54, 1.807) is 4.57 Å². The standard InChI is InChI=1S/C26H29F2N3O4/c1-2-3-10-35-24-22-26(34)31-18-8-5-15(6-9-18)21(31)14-30(22)13-19(23(24)32)25(33)29-12-16-4-7-17(27)11-20(16)28/h4,7,11,13,15,18,21H,2-3,5-6,8-10,12,14H2,1H3,(H,29,33)/t15?,18?,21-/m0/s1. The highest BCUT2D eigenvalue weighted by Crippen LogP contribution is 2.43. The van der Waals surface area contributed by atoms with Gasteiger partial charge < -0.3 is 19.5 Å². The summed E-state index contributed by atoms with van der Waals surface area (Å²) in [6.45, 7) is 2.54. The van der Waals surface area contributed by atoms with Gasteiger partial charge in [-0.2, -0.15) is 0 Å². The van der Waals surface area contributed by atoms with Crippen molar-refractivity contribution in [3.05, 3.63) is 63.1 Å². The highest BCUT2D eigenvalue weighted by Gasteiger charge is 2.48. The van der Waals surface area contributed by atoms with E-state index >= 15 is 0 Å². The number of halogens is 2. The van der Waals surface area contributed by atoms with Gasteiger partial charge in [0.25, 0.3) is 11.8 Å². The quantitative estimate of drug-likeness (QED) is 0.608. The van der Waals surface area contributed by atoms with Crippen molar-refractivity contribution in [1.82, 2.24) is 14.8 Å². The van der Waals surface area contributed by atoms with Crippen LogP contribution < -0.4 is 15.5 Å². The Hall–Kier alpha value is -3.23. The number of unbranched alkanes of at least 4 members (excludes halogenated alkanes) is 1. The summed E-state index contributed by atoms with van der Waals surface area (Å²) in [5.41, 5.74) is -0.513. The number of rotatable bonds is 7. The van der Waals surface area contributed by atoms with Crippen molar-refractivity contribution in [2.75, 3.05) is 6.61 Å². The molecule has 1 aromatic heterocycles. The largest absolute Gasteiger partial charge is 0.487 e. The van der Waals surface area contributed by atoms with Crippen LogP contribution >= 0.6 is 0 Å². The number of ether oxygens (including phenoxy) is 1. The van der Waals surface area contributed by atoms with Gasteiger partial charge in [-0.05, 0) is 44.1 Å². The Bertz CT molecular complexity index is 1220. The van der Waals surface area contributed by atoms with Gasteiger partial charge in [-0.15, -0.1) is 0 Å². The number of nitrogens with zero attached hydrogens (tertiary/aromatic N) is 2. The predicted molar refractivity (Wildman–Crippen MR) is 124 cm³/mol. The van der Waals surface area contributed by atoms with Gasteiger partial charge >= 0.3 is 0 Å². The fourth-order valence-electron chi connectivity index (χ4n) is 5.69. The molecule has 0 radical (unpaired) electrons. The highest BCUT2D eigenvalue weighted by molar-refractivity contribution is 5.99. The van der Waals surface area contributed by atoms with Gasteiger partial charge in [0, 0.05) is 37.0 Å². The van der Waals surface area contributed by atoms with Gasteiger partial charge in [-0.25, -0.2) is 8.78 Å². The lowest BCUT2D eigenvalue weighted by molar-refractivity contribution is -0.0182. The van der Waals surface area contributed by atoms with Gasteiger partial charge in [-0.3, -0.25) is 14.4 Å². The number of amides is 2. The zero-order chi connectivity index (χ0) is 24.7. The third-order valence-corrected chi connectivity index (χ3v) is 7.54. The molecule has 4 aliphatic rings. The van der Waals surface area contributed by atoms with E-state index in [0.717, 1.165) is 44.2 Å². The monoisotopic (exact) mass is 485 g/mol. The number of hydrogen-bond acceptors (Lipinski definition) is 4. The van der Waals surface area contributed by atoms with Crippen molar-refractivity contribution < 1.29 is 23.1 Å². The molecule has 2 saturated heterocycles. The van der Waals surface area contributed by atoms with Crippen molar-refractivity contribution in [2.45, 2.75) is 70.6 Å². The lowest BCUT2D eigenvalue weighted by atomic mass is 9.73. The maximum Gasteiger partial charge on any atom is 0.275 e. The molecular formula is C26H29F2N3O4. The Balaban J connectivity index is 1.49. The fraction of sp³-hybridized carbons (Fsp3) is 0.500. The summed E-state index contributed by atoms with van der Waals surface area (Å²) in [6.07, 6.45) is 7.07. The van der Waals surface area contributed by atoms with Crippen LogP contribution in [0.5, 0.6) is 5.75 Å². The van der Waals surface area contributed by atoms with Crippen LogP contribution in [0.4, 0.5) is 8.78 Å². The van der Waals surface area contributed by atoms with Crippen molar-refractivity contribution in [2.24, 2.45) is 5.92 Å². The van der Waals surface area contributed by atoms with E-state index in [-0.39, 0.29) is 53.7 Å². The van der Waals surface area contributed by atoms with Crippen LogP contribution in [-0.2, 0) is 13.1 Å². The van der Waals surface area contributed by atoms with Crippen LogP contribution in [0.1, 0.15) is 71.9 Å². The molecule has 1 N–H and O–H groups in total. The minimum Gasteiger partial charge on any atom is -0.487 e. The summed E-state index contributed by atoms with van der Waals surface area (Å²) < 4.78 is 34.7. The molecule has 1 aromatic carbocycles. The minimum atomic E-state index is -0.783. The third-order valence-electron chi connectivity index (χ3n) is 7.54. The molecule has 3 fully saturated rings. The van der Waals surface area contributed by atoms with Crippen LogP contribution in [0.15, 0.2) is 29.2 Å². The van der Waals surface area contributed by atoms with Crippen molar-refractivity contribution in [3.63, 3.8) is 0 Å². The molecule has 186 valence electrons. The second-order valence-corrected chi connectivity index (χ2v) is 9.67. The Morgan fingerprint density at radius 1 is 1.17 bits per heavy atom. The number of nitrogens with one attached hydrogen (secondary N) is 1. The van der Waals surface area contributed by atoms with E-state index in [1.165, 1.54) is 12.3 Å². The first-order valence-electron chi connectivity index (χ1n) is 12.3. The van der Waals surface area contributed by atoms with Gasteiger partial charge in [0.15, 0.2) is 11.4 Å². The number of fused-ring (bicyclic) bond motifs is 3. The topological polar surface area (TPSA) is 80.6 Å². The van der Waals surface area contributed by atoms with E-state index < -0.39 is 23.0 Å². The van der Waals surface area contributed by atoms with Gasteiger partial charge in [0.2, 0.25) is 5.43 Å². The van der Waals surface area contributed by atoms with Gasteiger partial charge in [0.1, 0.15) is 17.2 Å². The number of carbonyl (C=O) groups excluding carboxylic acids is 2. The average Bonchev–Trinajstić information content (AvgIpc) is 2.85. The summed E-state index contributed by atoms with van der Waals surface area (Å²) >= 11 is 0. The first-order chi connectivity index (χ1) is 16.9. The number of hydrogen-bond donors (Lipinski definition) is 1. The fourth-order valence-corrected chi connectivity index (χ4v) is 5.69. The number of benzene rings is 1. The van der Waals surface area contributed by atoms with E-state index in [2.05, 4.69) is 5.32 Å². The summed E-state index contributed by atoms with van der Waals surface area (Å²) in [6, 6.07) is 3.31. The lowest BCUT2D eigenvalue weighted by Crippen LogP contribution is -2.62. The number of carbonyl (C=O) groups is 2. The van der Waals surface area contributed by atoms with Gasteiger partial charge in [-0.1, -0.05) is 19.4 Å². The zero-order valence-corrected chi connectivity index (χ0v) is 19.7. The predicted octanol–water partition coefficient (Wildman–Crippen LogP) is 3.63. The number of piperidine rings is 2. The van der Waals surface area contributed by atoms with Crippen molar-refractivity contribution in [1.29, 1.82) is 0 Å². The van der Waals surface area contributed by atoms with E-state index in [9.17, 15) is 23.2 Å². The summed E-state index contributed by atoms with van der Waals surface area (Å²) in [4.78, 5) is 41.9. The molecule has 2 aromatic rings. The molecule has 9 heteroatoms. The molecule has 1 saturated carbocycles. The molecule has 2 bridgehead atoms. The van der Waals surface area contributed by atoms with Crippen LogP contribution in [0.3, 0.4) is 0 Å². The molecule has 1 atom stereocenters. The highest BCUT2D eigenvalue weighted by atomic mass is 19.1. The van der Waals surface area contributed by atoms with Crippen LogP contribution in [0, 0.1) is 17.6 Å². The first-order valence-corrected chi connectivity index (χ1v) is 12.3. The van der Waals surface area contributed by atoms with Crippen molar-refractivity contribution in [3.8, 4) is 5.75 Å². The lowest BCUT2D eigenvalue weighted by Gasteiger charge is -2.54. The molecule has 1 aliphatic carbocycles. The molecule has 3 aliphatic heterocycles. The molecule has 0 spiro atoms. The van der Waals surface area contributed by atoms with Crippen LogP contribution in [0.25, 0.3) is 0 Å². The van der Waals surface area contributed by atoms with E-state index in [0.29, 0.717) is 18.9 Å². The Morgan fingerprint density at radius 2 is 1.94 bits per heavy atom. The maximum absolute atomic E-state index is 14.0. The second kappa shape index (κ2) is 9.43. The summed E-state index contributed by atoms with van der Waals surface area (Å²) in [5, 5.41) is 2.55. The molecule has 0 unspecified atom stereocenters. The third kappa shape index (κ3) is 4.21. The normalized spacial score (nSPS) is 22.5. The number of aromatic nitrogens is 1. The zero-order valence-electron chi connectivity index (χ0n) is 19.7. The molecule has 35 heavy (non-hydrogen) atoms. The first kappa shape index (κ1) is 23.5. The molecule has 2 amide bonds. The maximum atomic E-state index is 14.0. The van der Waals surface area contributed by atoms with E-state index in [1.807, 2.05) is 11.8 Å². The molecule has 4 heterocycles. The van der Waals surface area contributed by atoms with Crippen LogP contribution in [-0.4, -0.2) is 40.0 Å². The van der Waals surface area contributed by atoms with Crippen molar-refractivity contribution >= 4 is 11.8 Å². The Kier molecular flexibility index (Phi) is 6.34. The smallest absolute Gasteiger partial charge is 0.275 e. The van der Waals surface area contributed by atoms with E-state index in [4.69, 9.17) is 4.74 Å². The Morgan fingerprint density at radius 3 is 2.66 bits per heavy atom. The summed E-state index contributed by atoms with van der Waals surface area (Å²) in [7, 11) is 0. The van der Waals surface area contributed by atoms with Gasteiger partial charge in [0.05, 0.1) is 12.6 Å². The minimum absolute atomic E-state index is 0.0396. The molecule has 7 nitrogen and oxygen atoms in total. The van der Waals surface area contributed by atoms with Crippen LogP contribution in [0.2, 0.25) is 0 Å². The summed E-state index contributed by atoms with van der Waals surface area (Å²) in [5.74, 6) is -2.10. The average molecular weight is 486 g/mol. The second-order valence-electron chi connectivity index (χ2n) is 9.67. The molecular weight excluding hydrogens is 456 g/mol.